The molecule has 3 N–H and O–H groups in total. The molecule has 2 atom stereocenters. The minimum Gasteiger partial charge on any atom is -0.481 e. The van der Waals surface area contributed by atoms with Crippen molar-refractivity contribution in [3.05, 3.63) is 0 Å². The van der Waals surface area contributed by atoms with E-state index >= 15 is 0 Å². The Balaban J connectivity index is 1.86. The van der Waals surface area contributed by atoms with Crippen molar-refractivity contribution >= 4 is 5.97 Å². The predicted molar refractivity (Wildman–Crippen MR) is 64.8 cm³/mol. The standard InChI is InChI=1S/C13H23NO3/c15-11(7-10-3-1-2-4-10)8-13(12(16)17)5-6-14-9-13/h10-11,14-15H,1-9H2,(H,16,17). The third-order valence-corrected chi connectivity index (χ3v) is 4.40. The van der Waals surface area contributed by atoms with Crippen LogP contribution in [0.1, 0.15) is 44.9 Å². The maximum atomic E-state index is 11.3. The molecule has 1 aliphatic heterocycles. The highest BCUT2D eigenvalue weighted by atomic mass is 16.4. The van der Waals surface area contributed by atoms with Crippen molar-refractivity contribution in [1.82, 2.24) is 5.32 Å². The zero-order valence-corrected chi connectivity index (χ0v) is 10.3. The summed E-state index contributed by atoms with van der Waals surface area (Å²) in [5.41, 5.74) is -0.724. The summed E-state index contributed by atoms with van der Waals surface area (Å²) in [6, 6.07) is 0. The number of aliphatic hydroxyl groups excluding tert-OH is 1. The third-order valence-electron chi connectivity index (χ3n) is 4.40. The molecule has 4 heteroatoms. The van der Waals surface area contributed by atoms with Gasteiger partial charge in [0, 0.05) is 6.54 Å². The SMILES string of the molecule is O=C(O)C1(CC(O)CC2CCCC2)CCNC1. The molecular formula is C13H23NO3. The number of rotatable bonds is 5. The molecule has 2 aliphatic rings. The molecule has 1 heterocycles. The summed E-state index contributed by atoms with van der Waals surface area (Å²) >= 11 is 0. The van der Waals surface area contributed by atoms with Gasteiger partial charge < -0.3 is 15.5 Å². The van der Waals surface area contributed by atoms with E-state index < -0.39 is 17.5 Å². The monoisotopic (exact) mass is 241 g/mol. The molecule has 0 aromatic heterocycles. The van der Waals surface area contributed by atoms with Crippen LogP contribution in [0, 0.1) is 11.3 Å². The van der Waals surface area contributed by atoms with Gasteiger partial charge in [-0.05, 0) is 31.7 Å². The van der Waals surface area contributed by atoms with Crippen molar-refractivity contribution in [1.29, 1.82) is 0 Å². The first-order valence-electron chi connectivity index (χ1n) is 6.74. The van der Waals surface area contributed by atoms with E-state index in [1.807, 2.05) is 0 Å². The normalized spacial score (nSPS) is 31.8. The van der Waals surface area contributed by atoms with Crippen molar-refractivity contribution in [2.45, 2.75) is 51.0 Å². The zero-order chi connectivity index (χ0) is 12.3. The van der Waals surface area contributed by atoms with E-state index in [0.717, 1.165) is 13.0 Å². The van der Waals surface area contributed by atoms with Crippen LogP contribution in [0.25, 0.3) is 0 Å². The fraction of sp³-hybridized carbons (Fsp3) is 0.923. The number of carbonyl (C=O) groups is 1. The molecule has 1 saturated heterocycles. The van der Waals surface area contributed by atoms with E-state index in [9.17, 15) is 15.0 Å². The Labute approximate surface area is 102 Å². The molecule has 0 aromatic rings. The van der Waals surface area contributed by atoms with E-state index in [-0.39, 0.29) is 0 Å². The summed E-state index contributed by atoms with van der Waals surface area (Å²) < 4.78 is 0. The molecule has 98 valence electrons. The molecule has 0 amide bonds. The van der Waals surface area contributed by atoms with Gasteiger partial charge in [0.2, 0.25) is 0 Å². The summed E-state index contributed by atoms with van der Waals surface area (Å²) in [5, 5.41) is 22.5. The van der Waals surface area contributed by atoms with Gasteiger partial charge >= 0.3 is 5.97 Å². The van der Waals surface area contributed by atoms with Crippen molar-refractivity contribution in [2.75, 3.05) is 13.1 Å². The van der Waals surface area contributed by atoms with E-state index in [4.69, 9.17) is 0 Å². The van der Waals surface area contributed by atoms with Crippen LogP contribution in [0.5, 0.6) is 0 Å². The molecule has 17 heavy (non-hydrogen) atoms. The summed E-state index contributed by atoms with van der Waals surface area (Å²) in [6.07, 6.45) is 6.33. The Morgan fingerprint density at radius 2 is 2.12 bits per heavy atom. The summed E-state index contributed by atoms with van der Waals surface area (Å²) in [4.78, 5) is 11.3. The maximum Gasteiger partial charge on any atom is 0.311 e. The van der Waals surface area contributed by atoms with Gasteiger partial charge in [0.05, 0.1) is 11.5 Å². The molecule has 0 bridgehead atoms. The van der Waals surface area contributed by atoms with Crippen LogP contribution in [0.2, 0.25) is 0 Å². The van der Waals surface area contributed by atoms with Crippen LogP contribution in [0.3, 0.4) is 0 Å². The van der Waals surface area contributed by atoms with Crippen molar-refractivity contribution in [3.8, 4) is 0 Å². The number of hydrogen-bond acceptors (Lipinski definition) is 3. The quantitative estimate of drug-likeness (QED) is 0.680. The molecule has 2 unspecified atom stereocenters. The lowest BCUT2D eigenvalue weighted by Gasteiger charge is -2.27. The topological polar surface area (TPSA) is 69.6 Å². The average molecular weight is 241 g/mol. The van der Waals surface area contributed by atoms with Crippen LogP contribution in [-0.2, 0) is 4.79 Å². The Hall–Kier alpha value is -0.610. The van der Waals surface area contributed by atoms with Gasteiger partial charge in [0.15, 0.2) is 0 Å². The summed E-state index contributed by atoms with van der Waals surface area (Å²) in [6.45, 7) is 1.26. The molecule has 1 aliphatic carbocycles. The minimum atomic E-state index is -0.757. The van der Waals surface area contributed by atoms with Gasteiger partial charge in [0.25, 0.3) is 0 Å². The fourth-order valence-electron chi connectivity index (χ4n) is 3.35. The third kappa shape index (κ3) is 2.99. The maximum absolute atomic E-state index is 11.3. The first-order chi connectivity index (χ1) is 8.12. The van der Waals surface area contributed by atoms with Crippen LogP contribution >= 0.6 is 0 Å². The minimum absolute atomic E-state index is 0.409. The molecular weight excluding hydrogens is 218 g/mol. The first-order valence-corrected chi connectivity index (χ1v) is 6.74. The van der Waals surface area contributed by atoms with Gasteiger partial charge in [-0.15, -0.1) is 0 Å². The Kier molecular flexibility index (Phi) is 4.05. The van der Waals surface area contributed by atoms with E-state index in [1.165, 1.54) is 25.7 Å². The van der Waals surface area contributed by atoms with Crippen molar-refractivity contribution in [3.63, 3.8) is 0 Å². The number of aliphatic hydroxyl groups is 1. The Bertz CT molecular complexity index is 268. The van der Waals surface area contributed by atoms with Gasteiger partial charge in [-0.2, -0.15) is 0 Å². The molecule has 0 aromatic carbocycles. The van der Waals surface area contributed by atoms with E-state index in [2.05, 4.69) is 5.32 Å². The second kappa shape index (κ2) is 5.36. The van der Waals surface area contributed by atoms with E-state index in [0.29, 0.717) is 25.3 Å². The molecule has 4 nitrogen and oxygen atoms in total. The highest BCUT2D eigenvalue weighted by molar-refractivity contribution is 5.75. The Morgan fingerprint density at radius 1 is 1.41 bits per heavy atom. The zero-order valence-electron chi connectivity index (χ0n) is 10.3. The number of hydrogen-bond donors (Lipinski definition) is 3. The fourth-order valence-corrected chi connectivity index (χ4v) is 3.35. The van der Waals surface area contributed by atoms with Gasteiger partial charge in [0.1, 0.15) is 0 Å². The first kappa shape index (κ1) is 12.8. The highest BCUT2D eigenvalue weighted by Gasteiger charge is 2.43. The van der Waals surface area contributed by atoms with Crippen molar-refractivity contribution in [2.24, 2.45) is 11.3 Å². The van der Waals surface area contributed by atoms with Gasteiger partial charge in [-0.25, -0.2) is 0 Å². The molecule has 0 spiro atoms. The molecule has 1 saturated carbocycles. The van der Waals surface area contributed by atoms with Crippen molar-refractivity contribution < 1.29 is 15.0 Å². The number of carboxylic acid groups (broad SMARTS) is 1. The van der Waals surface area contributed by atoms with Gasteiger partial charge in [-0.3, -0.25) is 4.79 Å². The average Bonchev–Trinajstić information content (AvgIpc) is 2.89. The van der Waals surface area contributed by atoms with E-state index in [1.54, 1.807) is 0 Å². The number of nitrogens with one attached hydrogen (secondary N) is 1. The molecule has 2 fully saturated rings. The summed E-state index contributed by atoms with van der Waals surface area (Å²) in [7, 11) is 0. The lowest BCUT2D eigenvalue weighted by Crippen LogP contribution is -2.37. The second-order valence-corrected chi connectivity index (χ2v) is 5.76. The Morgan fingerprint density at radius 3 is 2.65 bits per heavy atom. The second-order valence-electron chi connectivity index (χ2n) is 5.76. The van der Waals surface area contributed by atoms with Crippen LogP contribution < -0.4 is 5.32 Å². The highest BCUT2D eigenvalue weighted by Crippen LogP contribution is 2.35. The lowest BCUT2D eigenvalue weighted by atomic mass is 9.79. The molecule has 2 rings (SSSR count). The van der Waals surface area contributed by atoms with Crippen LogP contribution in [0.15, 0.2) is 0 Å². The predicted octanol–water partition coefficient (Wildman–Crippen LogP) is 1.38. The largest absolute Gasteiger partial charge is 0.481 e. The van der Waals surface area contributed by atoms with Crippen LogP contribution in [0.4, 0.5) is 0 Å². The number of carboxylic acids is 1. The lowest BCUT2D eigenvalue weighted by molar-refractivity contribution is -0.149. The smallest absolute Gasteiger partial charge is 0.311 e. The summed E-state index contributed by atoms with van der Waals surface area (Å²) in [5.74, 6) is -0.141. The molecule has 0 radical (unpaired) electrons. The van der Waals surface area contributed by atoms with Crippen LogP contribution in [-0.4, -0.2) is 35.4 Å². The van der Waals surface area contributed by atoms with Gasteiger partial charge in [-0.1, -0.05) is 25.7 Å². The number of aliphatic carboxylic acids is 1.